The summed E-state index contributed by atoms with van der Waals surface area (Å²) in [6.07, 6.45) is -0.0912. The molecule has 0 spiro atoms. The van der Waals surface area contributed by atoms with Crippen LogP contribution in [0.25, 0.3) is 0 Å². The zero-order valence-corrected chi connectivity index (χ0v) is 10.4. The van der Waals surface area contributed by atoms with E-state index in [1.54, 1.807) is 24.3 Å². The van der Waals surface area contributed by atoms with Crippen LogP contribution < -0.4 is 0 Å². The molecular weight excluding hydrogens is 244 g/mol. The van der Waals surface area contributed by atoms with E-state index in [2.05, 4.69) is 4.74 Å². The quantitative estimate of drug-likeness (QED) is 0.575. The maximum Gasteiger partial charge on any atom is 0.336 e. The second kappa shape index (κ2) is 5.79. The van der Waals surface area contributed by atoms with Gasteiger partial charge in [0.2, 0.25) is 0 Å². The second-order valence-corrected chi connectivity index (χ2v) is 5.10. The molecule has 1 aromatic carbocycles. The summed E-state index contributed by atoms with van der Waals surface area (Å²) in [5, 5.41) is 0. The van der Waals surface area contributed by atoms with Gasteiger partial charge in [0.1, 0.15) is 0 Å². The van der Waals surface area contributed by atoms with Gasteiger partial charge in [0, 0.05) is 6.42 Å². The minimum absolute atomic E-state index is 0.153. The van der Waals surface area contributed by atoms with Crippen molar-refractivity contribution in [2.45, 2.75) is 12.5 Å². The zero-order chi connectivity index (χ0) is 12.9. The number of esters is 1. The number of carbonyl (C=O) groups excluding carboxylic acids is 1. The maximum atomic E-state index is 11.4. The lowest BCUT2D eigenvalue weighted by atomic mass is 10.1. The molecule has 0 bridgehead atoms. The predicted molar refractivity (Wildman–Crippen MR) is 61.9 cm³/mol. The minimum Gasteiger partial charge on any atom is -0.467 e. The van der Waals surface area contributed by atoms with E-state index in [-0.39, 0.29) is 6.42 Å². The lowest BCUT2D eigenvalue weighted by molar-refractivity contribution is -0.148. The van der Waals surface area contributed by atoms with Gasteiger partial charge in [-0.1, -0.05) is 30.3 Å². The first-order valence-corrected chi connectivity index (χ1v) is 6.74. The van der Waals surface area contributed by atoms with E-state index < -0.39 is 22.2 Å². The summed E-state index contributed by atoms with van der Waals surface area (Å²) in [6, 6.07) is 8.98. The maximum absolute atomic E-state index is 11.4. The van der Waals surface area contributed by atoms with Gasteiger partial charge in [0.25, 0.3) is 10.1 Å². The highest BCUT2D eigenvalue weighted by Gasteiger charge is 2.24. The van der Waals surface area contributed by atoms with E-state index in [1.165, 1.54) is 7.11 Å². The predicted octanol–water partition coefficient (Wildman–Crippen LogP) is 0.747. The monoisotopic (exact) mass is 258 g/mol. The molecular formula is C11H14O5S. The molecule has 0 aromatic heterocycles. The van der Waals surface area contributed by atoms with Crippen molar-refractivity contribution in [3.63, 3.8) is 0 Å². The van der Waals surface area contributed by atoms with Crippen LogP contribution in [0.1, 0.15) is 5.56 Å². The van der Waals surface area contributed by atoms with Gasteiger partial charge < -0.3 is 4.74 Å². The molecule has 0 heterocycles. The summed E-state index contributed by atoms with van der Waals surface area (Å²) in [5.74, 6) is -0.709. The van der Waals surface area contributed by atoms with Gasteiger partial charge in [-0.3, -0.25) is 4.18 Å². The first kappa shape index (κ1) is 13.7. The highest BCUT2D eigenvalue weighted by Crippen LogP contribution is 2.09. The molecule has 6 heteroatoms. The summed E-state index contributed by atoms with van der Waals surface area (Å²) in [4.78, 5) is 11.4. The van der Waals surface area contributed by atoms with Crippen LogP contribution in [0, 0.1) is 0 Å². The van der Waals surface area contributed by atoms with Crippen molar-refractivity contribution in [3.05, 3.63) is 35.9 Å². The fraction of sp³-hybridized carbons (Fsp3) is 0.364. The molecule has 0 saturated heterocycles. The van der Waals surface area contributed by atoms with Crippen LogP contribution >= 0.6 is 0 Å². The zero-order valence-electron chi connectivity index (χ0n) is 9.62. The van der Waals surface area contributed by atoms with Gasteiger partial charge in [0.15, 0.2) is 6.10 Å². The van der Waals surface area contributed by atoms with Gasteiger partial charge in [0.05, 0.1) is 13.4 Å². The molecule has 94 valence electrons. The molecule has 0 aliphatic heterocycles. The van der Waals surface area contributed by atoms with E-state index >= 15 is 0 Å². The van der Waals surface area contributed by atoms with Crippen molar-refractivity contribution in [3.8, 4) is 0 Å². The third-order valence-electron chi connectivity index (χ3n) is 2.02. The van der Waals surface area contributed by atoms with Crippen LogP contribution in [0.3, 0.4) is 0 Å². The molecule has 0 saturated carbocycles. The summed E-state index contributed by atoms with van der Waals surface area (Å²) in [6.45, 7) is 0. The average Bonchev–Trinajstić information content (AvgIpc) is 2.27. The topological polar surface area (TPSA) is 69.7 Å². The first-order valence-electron chi connectivity index (χ1n) is 4.92. The van der Waals surface area contributed by atoms with Crippen molar-refractivity contribution in [2.75, 3.05) is 13.4 Å². The Bertz CT molecular complexity index is 466. The second-order valence-electron chi connectivity index (χ2n) is 3.50. The minimum atomic E-state index is -3.70. The molecule has 1 unspecified atom stereocenters. The lowest BCUT2D eigenvalue weighted by Crippen LogP contribution is -2.30. The number of hydrogen-bond donors (Lipinski definition) is 0. The third-order valence-corrected chi connectivity index (χ3v) is 2.60. The fourth-order valence-corrected chi connectivity index (χ4v) is 1.90. The molecule has 0 radical (unpaired) electrons. The Balaban J connectivity index is 2.81. The van der Waals surface area contributed by atoms with Crippen LogP contribution in [0.4, 0.5) is 0 Å². The fourth-order valence-electron chi connectivity index (χ4n) is 1.33. The van der Waals surface area contributed by atoms with Crippen molar-refractivity contribution >= 4 is 16.1 Å². The van der Waals surface area contributed by atoms with Crippen LogP contribution in [0.2, 0.25) is 0 Å². The SMILES string of the molecule is COC(=O)C(Cc1ccccc1)OS(C)(=O)=O. The summed E-state index contributed by atoms with van der Waals surface area (Å²) in [5.41, 5.74) is 0.798. The van der Waals surface area contributed by atoms with Gasteiger partial charge in [-0.25, -0.2) is 4.79 Å². The van der Waals surface area contributed by atoms with Crippen LogP contribution in [-0.4, -0.2) is 33.9 Å². The van der Waals surface area contributed by atoms with E-state index in [4.69, 9.17) is 4.18 Å². The van der Waals surface area contributed by atoms with E-state index in [0.29, 0.717) is 0 Å². The molecule has 0 N–H and O–H groups in total. The Kier molecular flexibility index (Phi) is 4.65. The van der Waals surface area contributed by atoms with Crippen molar-refractivity contribution in [2.24, 2.45) is 0 Å². The number of rotatable bonds is 5. The number of methoxy groups -OCH3 is 1. The normalized spacial score (nSPS) is 13.1. The summed E-state index contributed by atoms with van der Waals surface area (Å²) < 4.78 is 31.2. The summed E-state index contributed by atoms with van der Waals surface area (Å²) in [7, 11) is -2.51. The van der Waals surface area contributed by atoms with Gasteiger partial charge in [-0.15, -0.1) is 0 Å². The number of benzene rings is 1. The van der Waals surface area contributed by atoms with E-state index in [9.17, 15) is 13.2 Å². The van der Waals surface area contributed by atoms with Crippen LogP contribution in [0.5, 0.6) is 0 Å². The Morgan fingerprint density at radius 1 is 1.29 bits per heavy atom. The van der Waals surface area contributed by atoms with Crippen molar-refractivity contribution < 1.29 is 22.1 Å². The summed E-state index contributed by atoms with van der Waals surface area (Å²) >= 11 is 0. The largest absolute Gasteiger partial charge is 0.467 e. The van der Waals surface area contributed by atoms with Gasteiger partial charge in [-0.2, -0.15) is 8.42 Å². The molecule has 5 nitrogen and oxygen atoms in total. The van der Waals surface area contributed by atoms with Crippen molar-refractivity contribution in [1.29, 1.82) is 0 Å². The van der Waals surface area contributed by atoms with E-state index in [0.717, 1.165) is 11.8 Å². The molecule has 0 aliphatic rings. The molecule has 1 aromatic rings. The molecule has 0 fully saturated rings. The number of hydrogen-bond acceptors (Lipinski definition) is 5. The Morgan fingerprint density at radius 3 is 2.35 bits per heavy atom. The molecule has 1 atom stereocenters. The highest BCUT2D eigenvalue weighted by atomic mass is 32.2. The molecule has 0 aliphatic carbocycles. The Labute approximate surface area is 100 Å². The molecule has 17 heavy (non-hydrogen) atoms. The molecule has 0 amide bonds. The van der Waals surface area contributed by atoms with Gasteiger partial charge in [-0.05, 0) is 5.56 Å². The lowest BCUT2D eigenvalue weighted by Gasteiger charge is -2.13. The van der Waals surface area contributed by atoms with E-state index in [1.807, 2.05) is 6.07 Å². The standard InChI is InChI=1S/C11H14O5S/c1-15-11(12)10(16-17(2,13)14)8-9-6-4-3-5-7-9/h3-7,10H,8H2,1-2H3. The average molecular weight is 258 g/mol. The number of carbonyl (C=O) groups is 1. The Morgan fingerprint density at radius 2 is 1.88 bits per heavy atom. The van der Waals surface area contributed by atoms with Crippen molar-refractivity contribution in [1.82, 2.24) is 0 Å². The molecule has 1 rings (SSSR count). The number of ether oxygens (including phenoxy) is 1. The Hall–Kier alpha value is -1.40. The third kappa shape index (κ3) is 4.97. The van der Waals surface area contributed by atoms with Crippen LogP contribution in [-0.2, 0) is 30.3 Å². The van der Waals surface area contributed by atoms with Gasteiger partial charge >= 0.3 is 5.97 Å². The highest BCUT2D eigenvalue weighted by molar-refractivity contribution is 7.86. The van der Waals surface area contributed by atoms with Crippen LogP contribution in [0.15, 0.2) is 30.3 Å². The first-order chi connectivity index (χ1) is 7.92. The smallest absolute Gasteiger partial charge is 0.336 e.